The van der Waals surface area contributed by atoms with Crippen LogP contribution in [-0.4, -0.2) is 20.5 Å². The van der Waals surface area contributed by atoms with Gasteiger partial charge in [0.05, 0.1) is 5.56 Å². The van der Waals surface area contributed by atoms with E-state index in [0.29, 0.717) is 17.1 Å². The second-order valence-corrected chi connectivity index (χ2v) is 3.89. The minimum absolute atomic E-state index is 0.153. The number of nitrogens with zero attached hydrogens (tertiary/aromatic N) is 3. The van der Waals surface area contributed by atoms with E-state index in [-0.39, 0.29) is 12.1 Å². The third-order valence-electron chi connectivity index (χ3n) is 2.28. The van der Waals surface area contributed by atoms with Gasteiger partial charge in [-0.2, -0.15) is 0 Å². The molecule has 0 fully saturated rings. The lowest BCUT2D eigenvalue weighted by atomic mass is 10.2. The lowest BCUT2D eigenvalue weighted by Crippen LogP contribution is -2.39. The maximum Gasteiger partial charge on any atom is 0.256 e. The maximum atomic E-state index is 11.8. The van der Waals surface area contributed by atoms with E-state index < -0.39 is 0 Å². The standard InChI is InChI=1S/C9H7N5OS/c15-9-5-2-1-3-10-7(5)11-8(12-9)6-4-16-14-13-6/h1-4,8H,(H,10,11)(H,12,15). The maximum absolute atomic E-state index is 11.8. The topological polar surface area (TPSA) is 79.8 Å². The number of amides is 1. The van der Waals surface area contributed by atoms with Gasteiger partial charge in [0.1, 0.15) is 17.7 Å². The van der Waals surface area contributed by atoms with Crippen LogP contribution in [0.25, 0.3) is 0 Å². The Kier molecular flexibility index (Phi) is 2.03. The monoisotopic (exact) mass is 233 g/mol. The van der Waals surface area contributed by atoms with E-state index in [4.69, 9.17) is 0 Å². The molecule has 0 bridgehead atoms. The molecule has 0 radical (unpaired) electrons. The van der Waals surface area contributed by atoms with Gasteiger partial charge in [0.25, 0.3) is 5.91 Å². The molecule has 1 atom stereocenters. The number of hydrogen-bond donors (Lipinski definition) is 2. The Morgan fingerprint density at radius 3 is 3.12 bits per heavy atom. The average molecular weight is 233 g/mol. The Morgan fingerprint density at radius 1 is 1.38 bits per heavy atom. The summed E-state index contributed by atoms with van der Waals surface area (Å²) in [6.07, 6.45) is 1.29. The fourth-order valence-corrected chi connectivity index (χ4v) is 2.01. The molecule has 3 rings (SSSR count). The third-order valence-corrected chi connectivity index (χ3v) is 2.80. The first-order chi connectivity index (χ1) is 7.84. The number of carbonyl (C=O) groups excluding carboxylic acids is 1. The summed E-state index contributed by atoms with van der Waals surface area (Å²) in [5, 5.41) is 11.6. The van der Waals surface area contributed by atoms with E-state index in [9.17, 15) is 4.79 Å². The molecule has 0 aromatic carbocycles. The van der Waals surface area contributed by atoms with Crippen molar-refractivity contribution < 1.29 is 4.79 Å². The normalized spacial score (nSPS) is 18.5. The molecule has 0 saturated carbocycles. The predicted octanol–water partition coefficient (Wildman–Crippen LogP) is 0.787. The molecular weight excluding hydrogens is 226 g/mol. The first-order valence-corrected chi connectivity index (χ1v) is 5.47. The number of hydrogen-bond acceptors (Lipinski definition) is 6. The van der Waals surface area contributed by atoms with Gasteiger partial charge in [-0.05, 0) is 23.7 Å². The van der Waals surface area contributed by atoms with Gasteiger partial charge in [-0.15, -0.1) is 5.10 Å². The largest absolute Gasteiger partial charge is 0.344 e. The summed E-state index contributed by atoms with van der Waals surface area (Å²) in [4.78, 5) is 15.9. The smallest absolute Gasteiger partial charge is 0.256 e. The van der Waals surface area contributed by atoms with Crippen LogP contribution in [0.1, 0.15) is 22.2 Å². The lowest BCUT2D eigenvalue weighted by molar-refractivity contribution is 0.0934. The molecule has 1 unspecified atom stereocenters. The molecule has 2 aromatic rings. The summed E-state index contributed by atoms with van der Waals surface area (Å²) in [6.45, 7) is 0. The SMILES string of the molecule is O=C1NC(c2csnn2)Nc2ncccc21. The number of nitrogens with one attached hydrogen (secondary N) is 2. The van der Waals surface area contributed by atoms with Gasteiger partial charge in [-0.1, -0.05) is 4.49 Å². The molecule has 2 N–H and O–H groups in total. The molecule has 7 heteroatoms. The summed E-state index contributed by atoms with van der Waals surface area (Å²) in [7, 11) is 0. The van der Waals surface area contributed by atoms with E-state index in [0.717, 1.165) is 0 Å². The highest BCUT2D eigenvalue weighted by atomic mass is 32.1. The molecule has 3 heterocycles. The summed E-state index contributed by atoms with van der Waals surface area (Å²) in [5.74, 6) is 0.420. The molecule has 1 aliphatic heterocycles. The molecule has 80 valence electrons. The van der Waals surface area contributed by atoms with Gasteiger partial charge in [-0.3, -0.25) is 4.79 Å². The minimum atomic E-state index is -0.353. The summed E-state index contributed by atoms with van der Waals surface area (Å²) >= 11 is 1.24. The van der Waals surface area contributed by atoms with Crippen LogP contribution < -0.4 is 10.6 Å². The van der Waals surface area contributed by atoms with Crippen molar-refractivity contribution in [3.8, 4) is 0 Å². The fourth-order valence-electron chi connectivity index (χ4n) is 1.53. The van der Waals surface area contributed by atoms with Gasteiger partial charge in [-0.25, -0.2) is 4.98 Å². The lowest BCUT2D eigenvalue weighted by Gasteiger charge is -2.24. The van der Waals surface area contributed by atoms with E-state index in [1.165, 1.54) is 11.5 Å². The second kappa shape index (κ2) is 3.53. The highest BCUT2D eigenvalue weighted by molar-refractivity contribution is 7.03. The van der Waals surface area contributed by atoms with Crippen molar-refractivity contribution in [2.75, 3.05) is 5.32 Å². The van der Waals surface area contributed by atoms with Gasteiger partial charge < -0.3 is 10.6 Å². The van der Waals surface area contributed by atoms with Crippen molar-refractivity contribution in [1.82, 2.24) is 19.9 Å². The third kappa shape index (κ3) is 1.41. The number of rotatable bonds is 1. The van der Waals surface area contributed by atoms with Crippen molar-refractivity contribution in [2.24, 2.45) is 0 Å². The Hall–Kier alpha value is -2.02. The number of fused-ring (bicyclic) bond motifs is 1. The first kappa shape index (κ1) is 9.22. The van der Waals surface area contributed by atoms with Crippen LogP contribution in [0, 0.1) is 0 Å². The van der Waals surface area contributed by atoms with Crippen LogP contribution in [0.15, 0.2) is 23.7 Å². The van der Waals surface area contributed by atoms with Crippen molar-refractivity contribution in [1.29, 1.82) is 0 Å². The number of carbonyl (C=O) groups is 1. The molecule has 0 saturated heterocycles. The average Bonchev–Trinajstić information content (AvgIpc) is 2.82. The van der Waals surface area contributed by atoms with Gasteiger partial charge in [0.2, 0.25) is 0 Å². The van der Waals surface area contributed by atoms with Crippen molar-refractivity contribution >= 4 is 23.3 Å². The van der Waals surface area contributed by atoms with Crippen LogP contribution in [0.4, 0.5) is 5.82 Å². The number of aromatic nitrogens is 3. The zero-order valence-electron chi connectivity index (χ0n) is 8.04. The van der Waals surface area contributed by atoms with Crippen LogP contribution in [-0.2, 0) is 0 Å². The second-order valence-electron chi connectivity index (χ2n) is 3.28. The van der Waals surface area contributed by atoms with E-state index in [1.54, 1.807) is 23.7 Å². The van der Waals surface area contributed by atoms with Gasteiger partial charge in [0, 0.05) is 11.6 Å². The Balaban J connectivity index is 1.98. The molecule has 0 spiro atoms. The quantitative estimate of drug-likeness (QED) is 0.761. The van der Waals surface area contributed by atoms with Gasteiger partial charge >= 0.3 is 0 Å². The first-order valence-electron chi connectivity index (χ1n) is 4.64. The minimum Gasteiger partial charge on any atom is -0.344 e. The Morgan fingerprint density at radius 2 is 2.31 bits per heavy atom. The molecule has 1 amide bonds. The van der Waals surface area contributed by atoms with E-state index in [1.807, 2.05) is 0 Å². The Bertz CT molecular complexity index is 526. The highest BCUT2D eigenvalue weighted by Gasteiger charge is 2.26. The van der Waals surface area contributed by atoms with E-state index >= 15 is 0 Å². The van der Waals surface area contributed by atoms with Crippen LogP contribution >= 0.6 is 11.5 Å². The molecule has 6 nitrogen and oxygen atoms in total. The summed E-state index contributed by atoms with van der Waals surface area (Å²) in [6, 6.07) is 3.45. The molecule has 16 heavy (non-hydrogen) atoms. The fraction of sp³-hybridized carbons (Fsp3) is 0.111. The van der Waals surface area contributed by atoms with Crippen molar-refractivity contribution in [2.45, 2.75) is 6.17 Å². The number of anilines is 1. The van der Waals surface area contributed by atoms with Crippen LogP contribution in [0.2, 0.25) is 0 Å². The van der Waals surface area contributed by atoms with Crippen molar-refractivity contribution in [3.05, 3.63) is 35.0 Å². The summed E-state index contributed by atoms with van der Waals surface area (Å²) < 4.78 is 3.76. The molecule has 1 aliphatic rings. The highest BCUT2D eigenvalue weighted by Crippen LogP contribution is 2.23. The molecule has 2 aromatic heterocycles. The van der Waals surface area contributed by atoms with E-state index in [2.05, 4.69) is 25.2 Å². The molecular formula is C9H7N5OS. The van der Waals surface area contributed by atoms with Gasteiger partial charge in [0.15, 0.2) is 0 Å². The number of pyridine rings is 1. The van der Waals surface area contributed by atoms with Crippen molar-refractivity contribution in [3.63, 3.8) is 0 Å². The summed E-state index contributed by atoms with van der Waals surface area (Å²) in [5.41, 5.74) is 1.23. The molecule has 0 aliphatic carbocycles. The predicted molar refractivity (Wildman–Crippen MR) is 58.0 cm³/mol. The zero-order valence-corrected chi connectivity index (χ0v) is 8.86. The Labute approximate surface area is 94.9 Å². The zero-order chi connectivity index (χ0) is 11.0. The van der Waals surface area contributed by atoms with Crippen LogP contribution in [0.3, 0.4) is 0 Å². The van der Waals surface area contributed by atoms with Crippen LogP contribution in [0.5, 0.6) is 0 Å².